The van der Waals surface area contributed by atoms with Gasteiger partial charge in [-0.05, 0) is 39.5 Å². The monoisotopic (exact) mass is 265 g/mol. The second-order valence-electron chi connectivity index (χ2n) is 6.92. The summed E-state index contributed by atoms with van der Waals surface area (Å²) in [5.41, 5.74) is -2.01. The lowest BCUT2D eigenvalue weighted by Gasteiger charge is -2.37. The van der Waals surface area contributed by atoms with E-state index in [1.54, 1.807) is 27.7 Å². The van der Waals surface area contributed by atoms with E-state index in [1.165, 1.54) is 0 Å². The van der Waals surface area contributed by atoms with Crippen LogP contribution in [0, 0.1) is 5.41 Å². The van der Waals surface area contributed by atoms with Gasteiger partial charge in [-0.15, -0.1) is 0 Å². The molecule has 0 saturated carbocycles. The molecule has 0 aromatic carbocycles. The Bertz CT molecular complexity index is 345. The summed E-state index contributed by atoms with van der Waals surface area (Å²) >= 11 is 0. The van der Waals surface area contributed by atoms with Crippen LogP contribution in [0.3, 0.4) is 0 Å². The lowest BCUT2D eigenvalue weighted by atomic mass is 9.87. The Hall–Kier alpha value is -0.130. The molecule has 0 fully saturated rings. The van der Waals surface area contributed by atoms with Crippen molar-refractivity contribution >= 4 is 10.0 Å². The zero-order chi connectivity index (χ0) is 14.1. The van der Waals surface area contributed by atoms with Gasteiger partial charge in [0.05, 0.1) is 16.9 Å². The van der Waals surface area contributed by atoms with E-state index in [4.69, 9.17) is 0 Å². The first-order valence-corrected chi connectivity index (χ1v) is 7.56. The molecule has 0 aliphatic rings. The van der Waals surface area contributed by atoms with Crippen LogP contribution in [0.1, 0.15) is 54.9 Å². The predicted molar refractivity (Wildman–Crippen MR) is 71.4 cm³/mol. The zero-order valence-electron chi connectivity index (χ0n) is 12.1. The third-order valence-electron chi connectivity index (χ3n) is 3.06. The third-order valence-corrected chi connectivity index (χ3v) is 4.62. The molecule has 0 unspecified atom stereocenters. The molecule has 0 atom stereocenters. The van der Waals surface area contributed by atoms with E-state index in [2.05, 4.69) is 4.72 Å². The Labute approximate surface area is 106 Å². The average Bonchev–Trinajstić information content (AvgIpc) is 1.95. The number of hydrogen-bond donors (Lipinski definition) is 2. The van der Waals surface area contributed by atoms with Crippen LogP contribution in [-0.2, 0) is 10.0 Å². The highest BCUT2D eigenvalue weighted by molar-refractivity contribution is 7.89. The van der Waals surface area contributed by atoms with Gasteiger partial charge >= 0.3 is 0 Å². The zero-order valence-corrected chi connectivity index (χ0v) is 12.9. The first-order valence-electron chi connectivity index (χ1n) is 5.90. The lowest BCUT2D eigenvalue weighted by Crippen LogP contribution is -2.58. The Balaban J connectivity index is 4.68. The molecule has 0 aliphatic carbocycles. The van der Waals surface area contributed by atoms with Crippen LogP contribution >= 0.6 is 0 Å². The summed E-state index contributed by atoms with van der Waals surface area (Å²) < 4.78 is 26.4. The van der Waals surface area contributed by atoms with Gasteiger partial charge in [0.15, 0.2) is 0 Å². The smallest absolute Gasteiger partial charge is 0.212 e. The molecule has 0 heterocycles. The maximum absolute atomic E-state index is 11.9. The summed E-state index contributed by atoms with van der Waals surface area (Å²) in [5, 5.41) is 9.91. The molecule has 5 heteroatoms. The summed E-state index contributed by atoms with van der Waals surface area (Å²) in [6.45, 7) is 12.6. The SMILES string of the molecule is CC(C)(C)CCS(=O)(=O)NC(C)(C)C(C)(C)O. The van der Waals surface area contributed by atoms with Crippen molar-refractivity contribution in [3.63, 3.8) is 0 Å². The Morgan fingerprint density at radius 1 is 1.00 bits per heavy atom. The van der Waals surface area contributed by atoms with Crippen molar-refractivity contribution in [1.82, 2.24) is 4.72 Å². The van der Waals surface area contributed by atoms with Gasteiger partial charge in [0.1, 0.15) is 0 Å². The van der Waals surface area contributed by atoms with E-state index >= 15 is 0 Å². The summed E-state index contributed by atoms with van der Waals surface area (Å²) in [5.74, 6) is 0.0794. The normalized spacial score (nSPS) is 15.1. The molecular weight excluding hydrogens is 238 g/mol. The van der Waals surface area contributed by atoms with Crippen molar-refractivity contribution in [2.24, 2.45) is 5.41 Å². The van der Waals surface area contributed by atoms with Crippen LogP contribution in [0.25, 0.3) is 0 Å². The van der Waals surface area contributed by atoms with Gasteiger partial charge < -0.3 is 5.11 Å². The minimum absolute atomic E-state index is 0.0202. The highest BCUT2D eigenvalue weighted by Crippen LogP contribution is 2.23. The highest BCUT2D eigenvalue weighted by atomic mass is 32.2. The van der Waals surface area contributed by atoms with E-state index in [0.29, 0.717) is 6.42 Å². The predicted octanol–water partition coefficient (Wildman–Crippen LogP) is 1.89. The van der Waals surface area contributed by atoms with Crippen LogP contribution < -0.4 is 4.72 Å². The largest absolute Gasteiger partial charge is 0.389 e. The van der Waals surface area contributed by atoms with E-state index in [9.17, 15) is 13.5 Å². The molecule has 0 radical (unpaired) electrons. The summed E-state index contributed by atoms with van der Waals surface area (Å²) in [4.78, 5) is 0. The molecule has 0 amide bonds. The van der Waals surface area contributed by atoms with Crippen LogP contribution in [0.4, 0.5) is 0 Å². The van der Waals surface area contributed by atoms with Gasteiger partial charge in [-0.3, -0.25) is 0 Å². The molecule has 0 spiro atoms. The van der Waals surface area contributed by atoms with Crippen LogP contribution in [0.5, 0.6) is 0 Å². The topological polar surface area (TPSA) is 66.4 Å². The van der Waals surface area contributed by atoms with Crippen molar-refractivity contribution in [1.29, 1.82) is 0 Å². The minimum atomic E-state index is -3.37. The molecule has 4 nitrogen and oxygen atoms in total. The molecule has 2 N–H and O–H groups in total. The summed E-state index contributed by atoms with van der Waals surface area (Å²) in [6, 6.07) is 0. The highest BCUT2D eigenvalue weighted by Gasteiger charge is 2.38. The van der Waals surface area contributed by atoms with Crippen LogP contribution in [-0.4, -0.2) is 30.4 Å². The number of hydrogen-bond acceptors (Lipinski definition) is 3. The van der Waals surface area contributed by atoms with Crippen molar-refractivity contribution < 1.29 is 13.5 Å². The first-order chi connectivity index (χ1) is 7.16. The van der Waals surface area contributed by atoms with Gasteiger partial charge in [0, 0.05) is 0 Å². The van der Waals surface area contributed by atoms with Gasteiger partial charge in [-0.25, -0.2) is 13.1 Å². The molecule has 0 aliphatic heterocycles. The molecule has 0 rings (SSSR count). The fraction of sp³-hybridized carbons (Fsp3) is 1.00. The standard InChI is InChI=1S/C12H27NO3S/c1-10(2,3)8-9-17(15,16)13-11(4,5)12(6,7)14/h13-14H,8-9H2,1-7H3. The van der Waals surface area contributed by atoms with Crippen LogP contribution in [0.2, 0.25) is 0 Å². The number of aliphatic hydroxyl groups is 1. The number of sulfonamides is 1. The van der Waals surface area contributed by atoms with E-state index in [1.807, 2.05) is 20.8 Å². The molecule has 0 saturated heterocycles. The van der Waals surface area contributed by atoms with Crippen molar-refractivity contribution in [2.45, 2.75) is 66.0 Å². The van der Waals surface area contributed by atoms with Crippen molar-refractivity contribution in [2.75, 3.05) is 5.75 Å². The van der Waals surface area contributed by atoms with Crippen molar-refractivity contribution in [3.05, 3.63) is 0 Å². The molecule has 0 bridgehead atoms. The molecule has 0 aromatic heterocycles. The second-order valence-corrected chi connectivity index (χ2v) is 8.76. The molecule has 0 aromatic rings. The summed E-state index contributed by atoms with van der Waals surface area (Å²) in [7, 11) is -3.37. The second kappa shape index (κ2) is 4.86. The van der Waals surface area contributed by atoms with Crippen molar-refractivity contribution in [3.8, 4) is 0 Å². The quantitative estimate of drug-likeness (QED) is 0.798. The first kappa shape index (κ1) is 16.9. The molecule has 17 heavy (non-hydrogen) atoms. The number of nitrogens with one attached hydrogen (secondary N) is 1. The maximum Gasteiger partial charge on any atom is 0.212 e. The Morgan fingerprint density at radius 3 is 1.71 bits per heavy atom. The molecule has 104 valence electrons. The fourth-order valence-corrected chi connectivity index (χ4v) is 3.02. The average molecular weight is 265 g/mol. The Morgan fingerprint density at radius 2 is 1.41 bits per heavy atom. The van der Waals surface area contributed by atoms with Gasteiger partial charge in [0.25, 0.3) is 0 Å². The molecular formula is C12H27NO3S. The van der Waals surface area contributed by atoms with E-state index in [-0.39, 0.29) is 11.2 Å². The number of rotatable bonds is 5. The van der Waals surface area contributed by atoms with E-state index in [0.717, 1.165) is 0 Å². The summed E-state index contributed by atoms with van der Waals surface area (Å²) in [6.07, 6.45) is 0.588. The van der Waals surface area contributed by atoms with Crippen LogP contribution in [0.15, 0.2) is 0 Å². The van der Waals surface area contributed by atoms with E-state index < -0.39 is 21.2 Å². The maximum atomic E-state index is 11.9. The van der Waals surface area contributed by atoms with Gasteiger partial charge in [-0.2, -0.15) is 0 Å². The lowest BCUT2D eigenvalue weighted by molar-refractivity contribution is 0.00637. The third kappa shape index (κ3) is 6.38. The van der Waals surface area contributed by atoms with Gasteiger partial charge in [-0.1, -0.05) is 20.8 Å². The fourth-order valence-electron chi connectivity index (χ4n) is 1.01. The minimum Gasteiger partial charge on any atom is -0.389 e. The Kier molecular flexibility index (Phi) is 4.82. The van der Waals surface area contributed by atoms with Gasteiger partial charge in [0.2, 0.25) is 10.0 Å².